The zero-order valence-corrected chi connectivity index (χ0v) is 17.2. The van der Waals surface area contributed by atoms with E-state index in [1.54, 1.807) is 0 Å². The van der Waals surface area contributed by atoms with Gasteiger partial charge in [-0.2, -0.15) is 0 Å². The Bertz CT molecular complexity index is 833. The van der Waals surface area contributed by atoms with E-state index in [-0.39, 0.29) is 5.69 Å². The van der Waals surface area contributed by atoms with Crippen LogP contribution in [0.4, 0.5) is 0 Å². The second-order valence-electron chi connectivity index (χ2n) is 8.78. The van der Waals surface area contributed by atoms with Crippen LogP contribution in [0, 0.1) is 5.92 Å². The summed E-state index contributed by atoms with van der Waals surface area (Å²) in [5, 5.41) is 0. The van der Waals surface area contributed by atoms with Gasteiger partial charge in [0.15, 0.2) is 0 Å². The Morgan fingerprint density at radius 1 is 0.929 bits per heavy atom. The predicted octanol–water partition coefficient (Wildman–Crippen LogP) is 4.99. The predicted molar refractivity (Wildman–Crippen MR) is 117 cm³/mol. The molecule has 4 rings (SSSR count). The van der Waals surface area contributed by atoms with Crippen LogP contribution < -0.4 is 5.69 Å². The maximum absolute atomic E-state index is 13.1. The van der Waals surface area contributed by atoms with Crippen molar-refractivity contribution in [1.29, 1.82) is 0 Å². The molecule has 2 aliphatic rings. The lowest BCUT2D eigenvalue weighted by molar-refractivity contribution is 0.152. The van der Waals surface area contributed by atoms with E-state index in [0.717, 1.165) is 42.9 Å². The topological polar surface area (TPSA) is 30.2 Å². The number of piperidine rings is 1. The Kier molecular flexibility index (Phi) is 6.36. The number of allylic oxidation sites excluding steroid dienone is 1. The molecular formula is C24H35N3O. The van der Waals surface area contributed by atoms with Gasteiger partial charge in [0.2, 0.25) is 0 Å². The van der Waals surface area contributed by atoms with E-state index >= 15 is 0 Å². The van der Waals surface area contributed by atoms with Crippen LogP contribution in [0.2, 0.25) is 0 Å². The van der Waals surface area contributed by atoms with Crippen molar-refractivity contribution < 1.29 is 0 Å². The average molecular weight is 382 g/mol. The molecule has 1 aliphatic carbocycles. The fourth-order valence-corrected chi connectivity index (χ4v) is 5.34. The Labute approximate surface area is 168 Å². The van der Waals surface area contributed by atoms with E-state index < -0.39 is 0 Å². The first-order chi connectivity index (χ1) is 13.8. The van der Waals surface area contributed by atoms with E-state index in [0.29, 0.717) is 12.6 Å². The van der Waals surface area contributed by atoms with Crippen LogP contribution in [0.25, 0.3) is 11.0 Å². The maximum atomic E-state index is 13.1. The zero-order valence-electron chi connectivity index (χ0n) is 17.2. The Hall–Kier alpha value is -1.81. The largest absolute Gasteiger partial charge is 0.329 e. The van der Waals surface area contributed by atoms with E-state index in [1.807, 2.05) is 22.8 Å². The van der Waals surface area contributed by atoms with Gasteiger partial charge in [0.05, 0.1) is 11.0 Å². The number of fused-ring (bicyclic) bond motifs is 1. The monoisotopic (exact) mass is 381 g/mol. The zero-order chi connectivity index (χ0) is 19.3. The molecule has 0 spiro atoms. The quantitative estimate of drug-likeness (QED) is 0.683. The fourth-order valence-electron chi connectivity index (χ4n) is 5.34. The van der Waals surface area contributed by atoms with E-state index in [9.17, 15) is 4.79 Å². The van der Waals surface area contributed by atoms with Crippen LogP contribution in [0.15, 0.2) is 41.7 Å². The van der Waals surface area contributed by atoms with Gasteiger partial charge < -0.3 is 4.90 Å². The molecule has 1 saturated heterocycles. The molecule has 2 fully saturated rings. The third-order valence-electron chi connectivity index (χ3n) is 6.84. The van der Waals surface area contributed by atoms with Crippen LogP contribution in [0.1, 0.15) is 63.8 Å². The molecule has 152 valence electrons. The summed E-state index contributed by atoms with van der Waals surface area (Å²) in [7, 11) is 0. The van der Waals surface area contributed by atoms with Gasteiger partial charge in [-0.15, -0.1) is 6.58 Å². The fraction of sp³-hybridized carbons (Fsp3) is 0.625. The van der Waals surface area contributed by atoms with Crippen LogP contribution in [-0.2, 0) is 6.54 Å². The summed E-state index contributed by atoms with van der Waals surface area (Å²) in [5.41, 5.74) is 2.23. The van der Waals surface area contributed by atoms with Crippen LogP contribution in [0.3, 0.4) is 0 Å². The van der Waals surface area contributed by atoms with Crippen molar-refractivity contribution in [3.8, 4) is 0 Å². The van der Waals surface area contributed by atoms with Gasteiger partial charge in [0, 0.05) is 32.2 Å². The standard InChI is InChI=1S/C24H35N3O/c1-2-16-26-22-12-8-9-13-23(22)27(24(26)28)21-14-17-25(18-15-21)19-20-10-6-4-3-5-7-11-20/h2,8-9,12-13,20-21H,1,3-7,10-11,14-19H2. The molecule has 4 nitrogen and oxygen atoms in total. The molecule has 0 atom stereocenters. The summed E-state index contributed by atoms with van der Waals surface area (Å²) >= 11 is 0. The first-order valence-electron chi connectivity index (χ1n) is 11.3. The minimum absolute atomic E-state index is 0.125. The molecule has 1 aliphatic heterocycles. The number of likely N-dealkylation sites (tertiary alicyclic amines) is 1. The van der Waals surface area contributed by atoms with Crippen LogP contribution in [-0.4, -0.2) is 33.7 Å². The van der Waals surface area contributed by atoms with Crippen molar-refractivity contribution in [2.45, 2.75) is 70.4 Å². The highest BCUT2D eigenvalue weighted by atomic mass is 16.1. The molecule has 2 heterocycles. The number of nitrogens with zero attached hydrogens (tertiary/aromatic N) is 3. The first kappa shape index (κ1) is 19.5. The van der Waals surface area contributed by atoms with Crippen LogP contribution in [0.5, 0.6) is 0 Å². The molecule has 28 heavy (non-hydrogen) atoms. The SMILES string of the molecule is C=CCn1c(=O)n(C2CCN(CC3CCCCCCC3)CC2)c2ccccc21. The lowest BCUT2D eigenvalue weighted by Crippen LogP contribution is -2.40. The summed E-state index contributed by atoms with van der Waals surface area (Å²) in [4.78, 5) is 15.8. The molecule has 1 aromatic carbocycles. The number of hydrogen-bond donors (Lipinski definition) is 0. The number of benzene rings is 1. The highest BCUT2D eigenvalue weighted by molar-refractivity contribution is 5.76. The summed E-state index contributed by atoms with van der Waals surface area (Å²) < 4.78 is 3.93. The molecule has 0 amide bonds. The second kappa shape index (κ2) is 9.13. The minimum atomic E-state index is 0.125. The summed E-state index contributed by atoms with van der Waals surface area (Å²) in [6.07, 6.45) is 13.9. The van der Waals surface area contributed by atoms with Gasteiger partial charge in [-0.25, -0.2) is 4.79 Å². The third-order valence-corrected chi connectivity index (χ3v) is 6.84. The van der Waals surface area contributed by atoms with Gasteiger partial charge in [-0.1, -0.05) is 50.3 Å². The molecule has 0 N–H and O–H groups in total. The second-order valence-corrected chi connectivity index (χ2v) is 8.78. The summed E-state index contributed by atoms with van der Waals surface area (Å²) in [5.74, 6) is 0.883. The molecule has 1 aromatic heterocycles. The lowest BCUT2D eigenvalue weighted by Gasteiger charge is -2.35. The summed E-state index contributed by atoms with van der Waals surface area (Å²) in [6, 6.07) is 8.53. The van der Waals surface area contributed by atoms with E-state index in [2.05, 4.69) is 28.2 Å². The van der Waals surface area contributed by atoms with Gasteiger partial charge in [-0.05, 0) is 43.7 Å². The van der Waals surface area contributed by atoms with Crippen molar-refractivity contribution in [3.63, 3.8) is 0 Å². The molecule has 4 heteroatoms. The molecule has 1 saturated carbocycles. The normalized spacial score (nSPS) is 20.9. The molecule has 2 aromatic rings. The molecule has 0 radical (unpaired) electrons. The molecule has 0 bridgehead atoms. The number of imidazole rings is 1. The van der Waals surface area contributed by atoms with Gasteiger partial charge >= 0.3 is 5.69 Å². The first-order valence-corrected chi connectivity index (χ1v) is 11.3. The lowest BCUT2D eigenvalue weighted by atomic mass is 9.90. The average Bonchev–Trinajstić information content (AvgIpc) is 2.97. The number of rotatable bonds is 5. The number of aromatic nitrogens is 2. The van der Waals surface area contributed by atoms with Crippen molar-refractivity contribution >= 4 is 11.0 Å². The summed E-state index contributed by atoms with van der Waals surface area (Å²) in [6.45, 7) is 7.91. The van der Waals surface area contributed by atoms with Gasteiger partial charge in [-0.3, -0.25) is 9.13 Å². The smallest absolute Gasteiger partial charge is 0.303 e. The molecular weight excluding hydrogens is 346 g/mol. The van der Waals surface area contributed by atoms with Crippen molar-refractivity contribution in [1.82, 2.24) is 14.0 Å². The van der Waals surface area contributed by atoms with Gasteiger partial charge in [0.1, 0.15) is 0 Å². The maximum Gasteiger partial charge on any atom is 0.329 e. The Morgan fingerprint density at radius 3 is 2.25 bits per heavy atom. The highest BCUT2D eigenvalue weighted by Crippen LogP contribution is 2.28. The Balaban J connectivity index is 1.44. The Morgan fingerprint density at radius 2 is 1.57 bits per heavy atom. The number of para-hydroxylation sites is 2. The number of hydrogen-bond acceptors (Lipinski definition) is 2. The van der Waals surface area contributed by atoms with Crippen LogP contribution >= 0.6 is 0 Å². The third kappa shape index (κ3) is 4.12. The highest BCUT2D eigenvalue weighted by Gasteiger charge is 2.26. The van der Waals surface area contributed by atoms with Crippen molar-refractivity contribution in [2.75, 3.05) is 19.6 Å². The van der Waals surface area contributed by atoms with E-state index in [1.165, 1.54) is 51.5 Å². The van der Waals surface area contributed by atoms with E-state index in [4.69, 9.17) is 0 Å². The van der Waals surface area contributed by atoms with Crippen molar-refractivity contribution in [3.05, 3.63) is 47.4 Å². The molecule has 0 unspecified atom stereocenters. The minimum Gasteiger partial charge on any atom is -0.303 e. The van der Waals surface area contributed by atoms with Crippen molar-refractivity contribution in [2.24, 2.45) is 5.92 Å². The van der Waals surface area contributed by atoms with Gasteiger partial charge in [0.25, 0.3) is 0 Å².